The molecule has 3 rings (SSSR count). The lowest BCUT2D eigenvalue weighted by Crippen LogP contribution is -2.33. The fourth-order valence-corrected chi connectivity index (χ4v) is 4.93. The van der Waals surface area contributed by atoms with Crippen molar-refractivity contribution in [3.8, 4) is 0 Å². The maximum Gasteiger partial charge on any atom is 0.267 e. The molecule has 2 heterocycles. The number of carbonyl (C=O) groups is 2. The highest BCUT2D eigenvalue weighted by atomic mass is 79.9. The number of rotatable bonds is 5. The van der Waals surface area contributed by atoms with E-state index in [-0.39, 0.29) is 33.8 Å². The fraction of sp³-hybridized carbons (Fsp3) is 0.188. The maximum atomic E-state index is 13.0. The molecule has 0 spiro atoms. The Kier molecular flexibility index (Phi) is 5.59. The third kappa shape index (κ3) is 3.87. The molecule has 0 aliphatic carbocycles. The van der Waals surface area contributed by atoms with Crippen LogP contribution in [-0.2, 0) is 19.7 Å². The molecule has 2 aliphatic rings. The first-order valence-corrected chi connectivity index (χ1v) is 11.2. The largest absolute Gasteiger partial charge is 0.748 e. The Morgan fingerprint density at radius 3 is 2.59 bits per heavy atom. The Morgan fingerprint density at radius 1 is 1.26 bits per heavy atom. The highest BCUT2D eigenvalue weighted by Crippen LogP contribution is 2.45. The van der Waals surface area contributed by atoms with E-state index < -0.39 is 21.8 Å². The molecule has 0 bridgehead atoms. The molecule has 0 radical (unpaired) electrons. The number of anilines is 1. The Bertz CT molecular complexity index is 1020. The van der Waals surface area contributed by atoms with Gasteiger partial charge in [0.15, 0.2) is 0 Å². The standard InChI is InChI=1S/C16H13BrN2O5S3/c1-2-5-18-11-4-3-9(17)8-10(11)12(14(18)20)13-15(21)19(16(25)26-13)6-7-27(22,23)24/h2-4,8H,1,5-7H2,(H,22,23,24)/p-1/b13-12+. The van der Waals surface area contributed by atoms with Gasteiger partial charge in [-0.25, -0.2) is 8.42 Å². The van der Waals surface area contributed by atoms with Gasteiger partial charge in [0.1, 0.15) is 4.32 Å². The second-order valence-electron chi connectivity index (χ2n) is 5.66. The van der Waals surface area contributed by atoms with Crippen molar-refractivity contribution < 1.29 is 22.6 Å². The van der Waals surface area contributed by atoms with Crippen LogP contribution in [0.15, 0.2) is 40.2 Å². The van der Waals surface area contributed by atoms with E-state index in [0.29, 0.717) is 11.3 Å². The van der Waals surface area contributed by atoms with Crippen molar-refractivity contribution in [1.82, 2.24) is 4.90 Å². The summed E-state index contributed by atoms with van der Waals surface area (Å²) in [4.78, 5) is 28.4. The summed E-state index contributed by atoms with van der Waals surface area (Å²) in [7, 11) is -4.50. The number of fused-ring (bicyclic) bond motifs is 1. The summed E-state index contributed by atoms with van der Waals surface area (Å²) >= 11 is 9.44. The average Bonchev–Trinajstić information content (AvgIpc) is 2.99. The first kappa shape index (κ1) is 20.2. The van der Waals surface area contributed by atoms with Gasteiger partial charge in [-0.05, 0) is 18.2 Å². The summed E-state index contributed by atoms with van der Waals surface area (Å²) in [5, 5.41) is 0. The topological polar surface area (TPSA) is 97.8 Å². The second kappa shape index (κ2) is 7.47. The van der Waals surface area contributed by atoms with Gasteiger partial charge in [-0.3, -0.25) is 14.5 Å². The minimum atomic E-state index is -4.50. The highest BCUT2D eigenvalue weighted by Gasteiger charge is 2.41. The summed E-state index contributed by atoms with van der Waals surface area (Å²) in [6, 6.07) is 5.29. The molecule has 1 saturated heterocycles. The van der Waals surface area contributed by atoms with E-state index >= 15 is 0 Å². The van der Waals surface area contributed by atoms with Gasteiger partial charge in [-0.2, -0.15) is 0 Å². The minimum Gasteiger partial charge on any atom is -0.748 e. The summed E-state index contributed by atoms with van der Waals surface area (Å²) < 4.78 is 33.5. The van der Waals surface area contributed by atoms with Crippen LogP contribution in [0, 0.1) is 0 Å². The van der Waals surface area contributed by atoms with Crippen molar-refractivity contribution in [2.24, 2.45) is 0 Å². The Morgan fingerprint density at radius 2 is 1.96 bits per heavy atom. The molecule has 0 aromatic heterocycles. The van der Waals surface area contributed by atoms with Gasteiger partial charge in [0, 0.05) is 23.1 Å². The van der Waals surface area contributed by atoms with Gasteiger partial charge >= 0.3 is 0 Å². The summed E-state index contributed by atoms with van der Waals surface area (Å²) in [6.45, 7) is 3.58. The van der Waals surface area contributed by atoms with Crippen LogP contribution in [0.5, 0.6) is 0 Å². The van der Waals surface area contributed by atoms with Crippen molar-refractivity contribution in [2.75, 3.05) is 23.7 Å². The molecule has 11 heteroatoms. The number of benzene rings is 1. The quantitative estimate of drug-likeness (QED) is 0.271. The van der Waals surface area contributed by atoms with E-state index in [9.17, 15) is 22.6 Å². The molecule has 1 aromatic rings. The lowest BCUT2D eigenvalue weighted by atomic mass is 10.1. The van der Waals surface area contributed by atoms with Gasteiger partial charge < -0.3 is 9.45 Å². The minimum absolute atomic E-state index is 0.109. The smallest absolute Gasteiger partial charge is 0.267 e. The second-order valence-corrected chi connectivity index (χ2v) is 9.74. The number of carbonyl (C=O) groups excluding carboxylic acids is 2. The van der Waals surface area contributed by atoms with Crippen LogP contribution in [0.3, 0.4) is 0 Å². The van der Waals surface area contributed by atoms with E-state index in [0.717, 1.165) is 21.1 Å². The van der Waals surface area contributed by atoms with Crippen molar-refractivity contribution >= 4 is 77.4 Å². The van der Waals surface area contributed by atoms with Crippen molar-refractivity contribution in [2.45, 2.75) is 0 Å². The van der Waals surface area contributed by atoms with E-state index in [4.69, 9.17) is 12.2 Å². The highest BCUT2D eigenvalue weighted by molar-refractivity contribution is 9.10. The Hall–Kier alpha value is -1.53. The molecular formula is C16H12BrN2O5S3-. The molecule has 142 valence electrons. The van der Waals surface area contributed by atoms with Gasteiger partial charge in [0.05, 0.1) is 32.0 Å². The molecular weight excluding hydrogens is 476 g/mol. The van der Waals surface area contributed by atoms with E-state index in [1.807, 2.05) is 0 Å². The Labute approximate surface area is 174 Å². The van der Waals surface area contributed by atoms with Crippen LogP contribution in [0.4, 0.5) is 5.69 Å². The number of hydrogen-bond acceptors (Lipinski definition) is 7. The van der Waals surface area contributed by atoms with Crippen molar-refractivity contribution in [1.29, 1.82) is 0 Å². The summed E-state index contributed by atoms with van der Waals surface area (Å²) in [6.07, 6.45) is 1.58. The molecule has 7 nitrogen and oxygen atoms in total. The SMILES string of the molecule is C=CCN1C(=O)/C(=C2/SC(=S)N(CCS(=O)(=O)[O-])C2=O)c2cc(Br)ccc21. The number of amides is 2. The van der Waals surface area contributed by atoms with E-state index in [1.165, 1.54) is 4.90 Å². The molecule has 2 aliphatic heterocycles. The van der Waals surface area contributed by atoms with Crippen molar-refractivity contribution in [3.63, 3.8) is 0 Å². The monoisotopic (exact) mass is 487 g/mol. The lowest BCUT2D eigenvalue weighted by molar-refractivity contribution is -0.122. The number of halogens is 1. The predicted octanol–water partition coefficient (Wildman–Crippen LogP) is 2.10. The zero-order valence-corrected chi connectivity index (χ0v) is 17.7. The average molecular weight is 488 g/mol. The normalized spacial score (nSPS) is 19.9. The molecule has 0 unspecified atom stereocenters. The third-order valence-corrected chi connectivity index (χ3v) is 6.55. The predicted molar refractivity (Wildman–Crippen MR) is 110 cm³/mol. The first-order chi connectivity index (χ1) is 12.6. The fourth-order valence-electron chi connectivity index (χ4n) is 2.78. The summed E-state index contributed by atoms with van der Waals surface area (Å²) in [5.41, 5.74) is 1.43. The number of thioether (sulfide) groups is 1. The molecule has 1 fully saturated rings. The number of nitrogens with zero attached hydrogens (tertiary/aromatic N) is 2. The van der Waals surface area contributed by atoms with Crippen LogP contribution in [0.25, 0.3) is 5.57 Å². The molecule has 2 amide bonds. The zero-order valence-electron chi connectivity index (χ0n) is 13.7. The van der Waals surface area contributed by atoms with Crippen LogP contribution < -0.4 is 4.90 Å². The van der Waals surface area contributed by atoms with Crippen LogP contribution in [0.2, 0.25) is 0 Å². The number of hydrogen-bond donors (Lipinski definition) is 0. The maximum absolute atomic E-state index is 13.0. The summed E-state index contributed by atoms with van der Waals surface area (Å²) in [5.74, 6) is -1.69. The van der Waals surface area contributed by atoms with E-state index in [1.54, 1.807) is 24.3 Å². The lowest BCUT2D eigenvalue weighted by Gasteiger charge is -2.15. The van der Waals surface area contributed by atoms with Gasteiger partial charge in [-0.1, -0.05) is 46.0 Å². The Balaban J connectivity index is 2.06. The van der Waals surface area contributed by atoms with Gasteiger partial charge in [0.2, 0.25) is 0 Å². The number of thiocarbonyl (C=S) groups is 1. The molecule has 0 atom stereocenters. The van der Waals surface area contributed by atoms with Crippen LogP contribution in [0.1, 0.15) is 5.56 Å². The molecule has 27 heavy (non-hydrogen) atoms. The van der Waals surface area contributed by atoms with Gasteiger partial charge in [0.25, 0.3) is 11.8 Å². The third-order valence-electron chi connectivity index (χ3n) is 3.93. The molecule has 0 saturated carbocycles. The van der Waals surface area contributed by atoms with Crippen LogP contribution >= 0.6 is 39.9 Å². The molecule has 0 N–H and O–H groups in total. The van der Waals surface area contributed by atoms with E-state index in [2.05, 4.69) is 22.5 Å². The van der Waals surface area contributed by atoms with Gasteiger partial charge in [-0.15, -0.1) is 6.58 Å². The van der Waals surface area contributed by atoms with Crippen molar-refractivity contribution in [3.05, 3.63) is 45.8 Å². The first-order valence-electron chi connectivity index (χ1n) is 7.58. The zero-order chi connectivity index (χ0) is 19.9. The van der Waals surface area contributed by atoms with Crippen LogP contribution in [-0.4, -0.2) is 52.8 Å². The molecule has 1 aromatic carbocycles.